The Morgan fingerprint density at radius 3 is 2.00 bits per heavy atom. The summed E-state index contributed by atoms with van der Waals surface area (Å²) in [6.45, 7) is 3.68. The van der Waals surface area contributed by atoms with Gasteiger partial charge in [0.05, 0.1) is 0 Å². The summed E-state index contributed by atoms with van der Waals surface area (Å²) in [7, 11) is 0. The molecule has 0 amide bonds. The van der Waals surface area contributed by atoms with Crippen LogP contribution in [-0.4, -0.2) is 5.88 Å². The van der Waals surface area contributed by atoms with Crippen LogP contribution in [0.15, 0.2) is 37.0 Å². The molecule has 0 aliphatic rings. The van der Waals surface area contributed by atoms with Crippen molar-refractivity contribution in [2.24, 2.45) is 0 Å². The van der Waals surface area contributed by atoms with Crippen LogP contribution in [0.2, 0.25) is 0 Å². The van der Waals surface area contributed by atoms with Gasteiger partial charge in [0.1, 0.15) is 0 Å². The smallest absolute Gasteiger partial charge is 0.0223 e. The van der Waals surface area contributed by atoms with Crippen molar-refractivity contribution in [3.05, 3.63) is 37.0 Å². The maximum absolute atomic E-state index is 5.62. The Labute approximate surface area is 112 Å². The Kier molecular flexibility index (Phi) is 15.1. The van der Waals surface area contributed by atoms with Crippen LogP contribution in [0.4, 0.5) is 0 Å². The van der Waals surface area contributed by atoms with Crippen LogP contribution >= 0.6 is 11.6 Å². The number of halogens is 1. The van der Waals surface area contributed by atoms with Crippen LogP contribution in [-0.2, 0) is 0 Å². The zero-order valence-corrected chi connectivity index (χ0v) is 11.8. The van der Waals surface area contributed by atoms with Gasteiger partial charge in [0, 0.05) is 5.88 Å². The third-order valence-corrected chi connectivity index (χ3v) is 2.93. The summed E-state index contributed by atoms with van der Waals surface area (Å²) in [6.07, 6.45) is 22.0. The highest BCUT2D eigenvalue weighted by molar-refractivity contribution is 6.17. The fourth-order valence-electron chi connectivity index (χ4n) is 1.65. The molecule has 0 heterocycles. The van der Waals surface area contributed by atoms with Gasteiger partial charge in [-0.1, -0.05) is 56.1 Å². The van der Waals surface area contributed by atoms with E-state index in [1.165, 1.54) is 44.9 Å². The van der Waals surface area contributed by atoms with Gasteiger partial charge in [0.2, 0.25) is 0 Å². The summed E-state index contributed by atoms with van der Waals surface area (Å²) in [5, 5.41) is 0. The lowest BCUT2D eigenvalue weighted by Gasteiger charge is -1.98. The topological polar surface area (TPSA) is 0 Å². The normalized spacial score (nSPS) is 11.6. The summed E-state index contributed by atoms with van der Waals surface area (Å²) in [4.78, 5) is 0. The molecule has 0 unspecified atom stereocenters. The lowest BCUT2D eigenvalue weighted by atomic mass is 10.1. The zero-order chi connectivity index (χ0) is 12.6. The minimum absolute atomic E-state index is 0.822. The molecule has 1 heteroatoms. The molecule has 0 N–H and O–H groups in total. The van der Waals surface area contributed by atoms with Gasteiger partial charge in [-0.2, -0.15) is 0 Å². The van der Waals surface area contributed by atoms with E-state index in [0.717, 1.165) is 18.7 Å². The molecule has 0 aromatic carbocycles. The van der Waals surface area contributed by atoms with Crippen molar-refractivity contribution in [3.63, 3.8) is 0 Å². The van der Waals surface area contributed by atoms with Crippen molar-refractivity contribution in [3.8, 4) is 0 Å². The highest BCUT2D eigenvalue weighted by atomic mass is 35.5. The van der Waals surface area contributed by atoms with Crippen LogP contribution in [0.1, 0.15) is 57.8 Å². The summed E-state index contributed by atoms with van der Waals surface area (Å²) in [6, 6.07) is 0. The van der Waals surface area contributed by atoms with Crippen molar-refractivity contribution in [2.45, 2.75) is 57.8 Å². The van der Waals surface area contributed by atoms with Crippen LogP contribution in [0.25, 0.3) is 0 Å². The second-order valence-electron chi connectivity index (χ2n) is 4.30. The van der Waals surface area contributed by atoms with Gasteiger partial charge in [0.25, 0.3) is 0 Å². The van der Waals surface area contributed by atoms with Crippen LogP contribution in [0.3, 0.4) is 0 Å². The molecule has 0 aromatic rings. The van der Waals surface area contributed by atoms with Gasteiger partial charge >= 0.3 is 0 Å². The van der Waals surface area contributed by atoms with Crippen molar-refractivity contribution >= 4 is 11.6 Å². The molecule has 0 saturated carbocycles. The molecule has 0 atom stereocenters. The number of alkyl halides is 1. The van der Waals surface area contributed by atoms with E-state index >= 15 is 0 Å². The van der Waals surface area contributed by atoms with Crippen LogP contribution in [0, 0.1) is 0 Å². The molecule has 17 heavy (non-hydrogen) atoms. The first-order valence-electron chi connectivity index (χ1n) is 6.88. The van der Waals surface area contributed by atoms with E-state index in [0.29, 0.717) is 0 Å². The number of allylic oxidation sites excluding steroid dienone is 5. The molecular formula is C16H27Cl. The van der Waals surface area contributed by atoms with Gasteiger partial charge in [-0.25, -0.2) is 0 Å². The molecule has 0 nitrogen and oxygen atoms in total. The molecule has 0 bridgehead atoms. The number of unbranched alkanes of at least 4 members (excludes halogenated alkanes) is 6. The van der Waals surface area contributed by atoms with E-state index in [1.807, 2.05) is 6.08 Å². The lowest BCUT2D eigenvalue weighted by molar-refractivity contribution is 0.612. The predicted molar refractivity (Wildman–Crippen MR) is 80.8 cm³/mol. The minimum Gasteiger partial charge on any atom is -0.127 e. The fraction of sp³-hybridized carbons (Fsp3) is 0.625. The van der Waals surface area contributed by atoms with E-state index in [-0.39, 0.29) is 0 Å². The Hall–Kier alpha value is -0.490. The molecule has 0 aromatic heterocycles. The maximum Gasteiger partial charge on any atom is 0.0223 e. The van der Waals surface area contributed by atoms with Crippen molar-refractivity contribution < 1.29 is 0 Å². The van der Waals surface area contributed by atoms with E-state index < -0.39 is 0 Å². The summed E-state index contributed by atoms with van der Waals surface area (Å²) in [5.74, 6) is 0.822. The van der Waals surface area contributed by atoms with Gasteiger partial charge < -0.3 is 0 Å². The molecule has 98 valence electrons. The molecule has 0 saturated heterocycles. The van der Waals surface area contributed by atoms with Gasteiger partial charge in [0.15, 0.2) is 0 Å². The Bertz CT molecular complexity index is 204. The average molecular weight is 255 g/mol. The Morgan fingerprint density at radius 1 is 0.706 bits per heavy atom. The molecule has 0 aliphatic carbocycles. The van der Waals surface area contributed by atoms with Crippen molar-refractivity contribution in [2.75, 3.05) is 5.88 Å². The molecule has 0 fully saturated rings. The molecule has 0 spiro atoms. The average Bonchev–Trinajstić information content (AvgIpc) is 2.35. The lowest BCUT2D eigenvalue weighted by Crippen LogP contribution is -1.80. The van der Waals surface area contributed by atoms with E-state index in [9.17, 15) is 0 Å². The van der Waals surface area contributed by atoms with Crippen molar-refractivity contribution in [1.29, 1.82) is 0 Å². The van der Waals surface area contributed by atoms with E-state index in [4.69, 9.17) is 11.6 Å². The van der Waals surface area contributed by atoms with Gasteiger partial charge in [-0.3, -0.25) is 0 Å². The highest BCUT2D eigenvalue weighted by Gasteiger charge is 1.89. The third-order valence-electron chi connectivity index (χ3n) is 2.66. The largest absolute Gasteiger partial charge is 0.127 e. The molecule has 0 aliphatic heterocycles. The second-order valence-corrected chi connectivity index (χ2v) is 4.68. The molecular weight excluding hydrogens is 228 g/mol. The third kappa shape index (κ3) is 15.5. The summed E-state index contributed by atoms with van der Waals surface area (Å²) >= 11 is 5.62. The monoisotopic (exact) mass is 254 g/mol. The number of hydrogen-bond donors (Lipinski definition) is 0. The number of rotatable bonds is 12. The fourth-order valence-corrected chi connectivity index (χ4v) is 1.83. The standard InChI is InChI=1S/C16H27Cl/c1-2-3-4-5-6-7-8-9-10-11-12-13-14-15-16-17/h2,4-5,7-8H,1,3,6,9-16H2/b5-4-,8-7-. The van der Waals surface area contributed by atoms with Gasteiger partial charge in [-0.15, -0.1) is 18.2 Å². The summed E-state index contributed by atoms with van der Waals surface area (Å²) in [5.41, 5.74) is 0. The first kappa shape index (κ1) is 16.5. The second kappa shape index (κ2) is 15.5. The first-order chi connectivity index (χ1) is 8.41. The van der Waals surface area contributed by atoms with Crippen LogP contribution < -0.4 is 0 Å². The highest BCUT2D eigenvalue weighted by Crippen LogP contribution is 2.08. The first-order valence-corrected chi connectivity index (χ1v) is 7.42. The number of hydrogen-bond acceptors (Lipinski definition) is 0. The zero-order valence-electron chi connectivity index (χ0n) is 11.0. The minimum atomic E-state index is 0.822. The SMILES string of the molecule is C=CC/C=C\C/C=C\CCCCCCCCCl. The molecule has 0 rings (SSSR count). The maximum atomic E-state index is 5.62. The molecule has 0 radical (unpaired) electrons. The quantitative estimate of drug-likeness (QED) is 0.226. The Morgan fingerprint density at radius 2 is 1.29 bits per heavy atom. The Balaban J connectivity index is 3.11. The van der Waals surface area contributed by atoms with E-state index in [2.05, 4.69) is 30.9 Å². The van der Waals surface area contributed by atoms with E-state index in [1.54, 1.807) is 0 Å². The van der Waals surface area contributed by atoms with Crippen LogP contribution in [0.5, 0.6) is 0 Å². The predicted octanol–water partition coefficient (Wildman–Crippen LogP) is 6.03. The van der Waals surface area contributed by atoms with Gasteiger partial charge in [-0.05, 0) is 32.1 Å². The van der Waals surface area contributed by atoms with Crippen molar-refractivity contribution in [1.82, 2.24) is 0 Å². The summed E-state index contributed by atoms with van der Waals surface area (Å²) < 4.78 is 0.